The minimum atomic E-state index is -0.953. The molecule has 0 aromatic heterocycles. The third kappa shape index (κ3) is 2.77. The second kappa shape index (κ2) is 5.19. The number of carboxylic acids is 1. The molecule has 0 aliphatic carbocycles. The molecule has 3 N–H and O–H groups in total. The molecule has 0 unspecified atom stereocenters. The van der Waals surface area contributed by atoms with Gasteiger partial charge in [0.05, 0.1) is 5.56 Å². The third-order valence-electron chi connectivity index (χ3n) is 3.32. The molecule has 1 aromatic carbocycles. The van der Waals surface area contributed by atoms with Gasteiger partial charge in [-0.25, -0.2) is 4.79 Å². The highest BCUT2D eigenvalue weighted by molar-refractivity contribution is 5.94. The molecular weight excluding hydrogens is 216 g/mol. The number of para-hydroxylation sites is 1. The van der Waals surface area contributed by atoms with E-state index in [1.54, 1.807) is 12.1 Å². The summed E-state index contributed by atoms with van der Waals surface area (Å²) in [6, 6.07) is 5.23. The van der Waals surface area contributed by atoms with Gasteiger partial charge in [-0.2, -0.15) is 0 Å². The standard InChI is InChI=1S/C13H18N2O2/c14-12-10(4-3-5-11(12)13(16)17)6-9-15-7-1-2-8-15/h3-5H,1-2,6-9,14H2,(H,16,17). The van der Waals surface area contributed by atoms with Crippen molar-refractivity contribution in [3.8, 4) is 0 Å². The van der Waals surface area contributed by atoms with Gasteiger partial charge in [-0.3, -0.25) is 0 Å². The maximum atomic E-state index is 10.9. The van der Waals surface area contributed by atoms with Crippen LogP contribution in [0.3, 0.4) is 0 Å². The lowest BCUT2D eigenvalue weighted by molar-refractivity contribution is 0.0698. The number of anilines is 1. The van der Waals surface area contributed by atoms with E-state index >= 15 is 0 Å². The number of nitrogen functional groups attached to an aromatic ring is 1. The topological polar surface area (TPSA) is 66.6 Å². The van der Waals surface area contributed by atoms with E-state index < -0.39 is 5.97 Å². The first-order valence-corrected chi connectivity index (χ1v) is 6.01. The van der Waals surface area contributed by atoms with Gasteiger partial charge in [-0.1, -0.05) is 12.1 Å². The van der Waals surface area contributed by atoms with E-state index in [4.69, 9.17) is 10.8 Å². The number of carbonyl (C=O) groups is 1. The molecule has 1 saturated heterocycles. The van der Waals surface area contributed by atoms with E-state index in [2.05, 4.69) is 4.90 Å². The van der Waals surface area contributed by atoms with E-state index in [1.807, 2.05) is 6.07 Å². The fraction of sp³-hybridized carbons (Fsp3) is 0.462. The van der Waals surface area contributed by atoms with Gasteiger partial charge in [0, 0.05) is 12.2 Å². The van der Waals surface area contributed by atoms with Crippen LogP contribution in [0.15, 0.2) is 18.2 Å². The van der Waals surface area contributed by atoms with Gasteiger partial charge in [0.1, 0.15) is 0 Å². The monoisotopic (exact) mass is 234 g/mol. The van der Waals surface area contributed by atoms with Gasteiger partial charge < -0.3 is 15.7 Å². The van der Waals surface area contributed by atoms with Gasteiger partial charge in [0.2, 0.25) is 0 Å². The van der Waals surface area contributed by atoms with Crippen LogP contribution in [0.2, 0.25) is 0 Å². The first-order valence-electron chi connectivity index (χ1n) is 6.01. The molecule has 0 atom stereocenters. The molecule has 1 aliphatic heterocycles. The highest BCUT2D eigenvalue weighted by Crippen LogP contribution is 2.19. The van der Waals surface area contributed by atoms with Crippen molar-refractivity contribution in [2.75, 3.05) is 25.4 Å². The summed E-state index contributed by atoms with van der Waals surface area (Å²) in [4.78, 5) is 13.3. The molecule has 17 heavy (non-hydrogen) atoms. The molecule has 0 amide bonds. The first kappa shape index (κ1) is 11.9. The number of hydrogen-bond donors (Lipinski definition) is 2. The summed E-state index contributed by atoms with van der Waals surface area (Å²) in [5.41, 5.74) is 7.44. The maximum absolute atomic E-state index is 10.9. The molecule has 4 heteroatoms. The van der Waals surface area contributed by atoms with Crippen molar-refractivity contribution in [2.24, 2.45) is 0 Å². The number of likely N-dealkylation sites (tertiary alicyclic amines) is 1. The Labute approximate surface area is 101 Å². The predicted octanol–water partition coefficient (Wildman–Crippen LogP) is 1.61. The SMILES string of the molecule is Nc1c(CCN2CCCC2)cccc1C(=O)O. The van der Waals surface area contributed by atoms with Crippen molar-refractivity contribution in [1.29, 1.82) is 0 Å². The Hall–Kier alpha value is -1.55. The zero-order valence-corrected chi connectivity index (χ0v) is 9.85. The Morgan fingerprint density at radius 3 is 2.71 bits per heavy atom. The van der Waals surface area contributed by atoms with Gasteiger partial charge in [0.25, 0.3) is 0 Å². The molecule has 2 rings (SSSR count). The summed E-state index contributed by atoms with van der Waals surface area (Å²) in [6.07, 6.45) is 3.36. The Morgan fingerprint density at radius 1 is 1.35 bits per heavy atom. The van der Waals surface area contributed by atoms with Crippen molar-refractivity contribution < 1.29 is 9.90 Å². The largest absolute Gasteiger partial charge is 0.478 e. The highest BCUT2D eigenvalue weighted by Gasteiger charge is 2.14. The van der Waals surface area contributed by atoms with Crippen LogP contribution in [0, 0.1) is 0 Å². The van der Waals surface area contributed by atoms with Crippen molar-refractivity contribution in [1.82, 2.24) is 4.90 Å². The number of hydrogen-bond acceptors (Lipinski definition) is 3. The number of aromatic carboxylic acids is 1. The van der Waals surface area contributed by atoms with Gasteiger partial charge in [0.15, 0.2) is 0 Å². The van der Waals surface area contributed by atoms with Crippen LogP contribution in [0.5, 0.6) is 0 Å². The Bertz CT molecular complexity index is 412. The number of nitrogens with two attached hydrogens (primary N) is 1. The number of nitrogens with zero attached hydrogens (tertiary/aromatic N) is 1. The van der Waals surface area contributed by atoms with Crippen LogP contribution in [-0.4, -0.2) is 35.6 Å². The van der Waals surface area contributed by atoms with Gasteiger partial charge in [-0.15, -0.1) is 0 Å². The Balaban J connectivity index is 2.04. The number of carboxylic acid groups (broad SMARTS) is 1. The predicted molar refractivity (Wildman–Crippen MR) is 67.2 cm³/mol. The van der Waals surface area contributed by atoms with Crippen molar-refractivity contribution in [3.63, 3.8) is 0 Å². The number of rotatable bonds is 4. The zero-order valence-electron chi connectivity index (χ0n) is 9.85. The lowest BCUT2D eigenvalue weighted by atomic mass is 10.0. The summed E-state index contributed by atoms with van der Waals surface area (Å²) in [7, 11) is 0. The number of benzene rings is 1. The minimum Gasteiger partial charge on any atom is -0.478 e. The van der Waals surface area contributed by atoms with Crippen LogP contribution in [-0.2, 0) is 6.42 Å². The molecule has 1 aromatic rings. The molecule has 1 aliphatic rings. The summed E-state index contributed by atoms with van der Waals surface area (Å²) in [6.45, 7) is 3.27. The van der Waals surface area contributed by atoms with Crippen molar-refractivity contribution >= 4 is 11.7 Å². The van der Waals surface area contributed by atoms with Crippen molar-refractivity contribution in [3.05, 3.63) is 29.3 Å². The molecule has 0 radical (unpaired) electrons. The Morgan fingerprint density at radius 2 is 2.06 bits per heavy atom. The van der Waals surface area contributed by atoms with E-state index in [-0.39, 0.29) is 5.56 Å². The Kier molecular flexibility index (Phi) is 3.64. The fourth-order valence-electron chi connectivity index (χ4n) is 2.30. The maximum Gasteiger partial charge on any atom is 0.337 e. The van der Waals surface area contributed by atoms with E-state index in [1.165, 1.54) is 12.8 Å². The third-order valence-corrected chi connectivity index (χ3v) is 3.32. The molecular formula is C13H18N2O2. The van der Waals surface area contributed by atoms with Gasteiger partial charge in [-0.05, 0) is 44.0 Å². The smallest absolute Gasteiger partial charge is 0.337 e. The normalized spacial score (nSPS) is 16.2. The van der Waals surface area contributed by atoms with Crippen LogP contribution >= 0.6 is 0 Å². The second-order valence-electron chi connectivity index (χ2n) is 4.48. The molecule has 0 spiro atoms. The molecule has 92 valence electrons. The second-order valence-corrected chi connectivity index (χ2v) is 4.48. The average Bonchev–Trinajstić information content (AvgIpc) is 2.80. The quantitative estimate of drug-likeness (QED) is 0.777. The van der Waals surface area contributed by atoms with Gasteiger partial charge >= 0.3 is 5.97 Å². The molecule has 1 heterocycles. The first-order chi connectivity index (χ1) is 8.18. The molecule has 4 nitrogen and oxygen atoms in total. The summed E-state index contributed by atoms with van der Waals surface area (Å²) >= 11 is 0. The van der Waals surface area contributed by atoms with E-state index in [0.29, 0.717) is 5.69 Å². The van der Waals surface area contributed by atoms with Crippen LogP contribution in [0.4, 0.5) is 5.69 Å². The fourth-order valence-corrected chi connectivity index (χ4v) is 2.30. The van der Waals surface area contributed by atoms with Crippen molar-refractivity contribution in [2.45, 2.75) is 19.3 Å². The highest BCUT2D eigenvalue weighted by atomic mass is 16.4. The summed E-state index contributed by atoms with van der Waals surface area (Å²) in [5, 5.41) is 8.98. The van der Waals surface area contributed by atoms with E-state index in [0.717, 1.165) is 31.6 Å². The van der Waals surface area contributed by atoms with Crippen LogP contribution in [0.25, 0.3) is 0 Å². The summed E-state index contributed by atoms with van der Waals surface area (Å²) in [5.74, 6) is -0.953. The molecule has 0 saturated carbocycles. The lowest BCUT2D eigenvalue weighted by Crippen LogP contribution is -2.22. The summed E-state index contributed by atoms with van der Waals surface area (Å²) < 4.78 is 0. The zero-order chi connectivity index (χ0) is 12.3. The average molecular weight is 234 g/mol. The molecule has 0 bridgehead atoms. The van der Waals surface area contributed by atoms with Crippen LogP contribution < -0.4 is 5.73 Å². The van der Waals surface area contributed by atoms with Crippen LogP contribution in [0.1, 0.15) is 28.8 Å². The minimum absolute atomic E-state index is 0.212. The molecule has 1 fully saturated rings. The lowest BCUT2D eigenvalue weighted by Gasteiger charge is -2.15. The van der Waals surface area contributed by atoms with E-state index in [9.17, 15) is 4.79 Å².